The van der Waals surface area contributed by atoms with Gasteiger partial charge in [0.1, 0.15) is 18.2 Å². The second kappa shape index (κ2) is 8.39. The van der Waals surface area contributed by atoms with E-state index in [1.54, 1.807) is 6.20 Å². The molecule has 7 nitrogen and oxygen atoms in total. The van der Waals surface area contributed by atoms with Crippen LogP contribution < -0.4 is 4.74 Å². The van der Waals surface area contributed by atoms with E-state index in [0.29, 0.717) is 6.61 Å². The minimum atomic E-state index is -0.288. The summed E-state index contributed by atoms with van der Waals surface area (Å²) < 4.78 is 13.2. The van der Waals surface area contributed by atoms with E-state index in [-0.39, 0.29) is 12.1 Å². The van der Waals surface area contributed by atoms with Gasteiger partial charge in [-0.2, -0.15) is 0 Å². The van der Waals surface area contributed by atoms with Crippen molar-refractivity contribution in [3.63, 3.8) is 0 Å². The first kappa shape index (κ1) is 18.4. The summed E-state index contributed by atoms with van der Waals surface area (Å²) in [5.74, 6) is 1.74. The average molecular weight is 372 g/mol. The quantitative estimate of drug-likeness (QED) is 0.812. The summed E-state index contributed by atoms with van der Waals surface area (Å²) in [6.45, 7) is 6.29. The highest BCUT2D eigenvalue weighted by atomic mass is 16.5. The van der Waals surface area contributed by atoms with E-state index in [9.17, 15) is 5.11 Å². The number of aliphatic hydroxyl groups excluding tert-OH is 1. The van der Waals surface area contributed by atoms with Gasteiger partial charge in [-0.1, -0.05) is 12.1 Å². The lowest BCUT2D eigenvalue weighted by atomic mass is 10.1. The van der Waals surface area contributed by atoms with E-state index >= 15 is 0 Å². The van der Waals surface area contributed by atoms with Gasteiger partial charge in [-0.15, -0.1) is 0 Å². The van der Waals surface area contributed by atoms with Crippen LogP contribution in [0.3, 0.4) is 0 Å². The normalized spacial score (nSPS) is 24.4. The van der Waals surface area contributed by atoms with Gasteiger partial charge in [0.05, 0.1) is 19.3 Å². The number of morpholine rings is 1. The molecule has 0 radical (unpaired) electrons. The molecule has 2 saturated heterocycles. The van der Waals surface area contributed by atoms with Gasteiger partial charge in [0.25, 0.3) is 0 Å². The molecular formula is C20H28N4O3. The minimum Gasteiger partial charge on any atom is -0.486 e. The number of benzene rings is 1. The van der Waals surface area contributed by atoms with Crippen molar-refractivity contribution in [3.8, 4) is 5.75 Å². The van der Waals surface area contributed by atoms with Gasteiger partial charge >= 0.3 is 0 Å². The lowest BCUT2D eigenvalue weighted by Gasteiger charge is -2.33. The summed E-state index contributed by atoms with van der Waals surface area (Å²) in [7, 11) is 1.96. The molecule has 1 aromatic carbocycles. The standard InChI is InChI=1S/C20H28N4O3/c1-22-7-6-21-20(22)15-27-17-4-2-16(3-5-17)12-23-13-18(19(25)14-23)24-8-10-26-11-9-24/h2-7,18-19,25H,8-15H2,1H3/t18-,19-/m0/s1. The SMILES string of the molecule is Cn1ccnc1COc1ccc(CN2C[C@H](O)[C@@H](N3CCOCC3)C2)cc1. The third-order valence-corrected chi connectivity index (χ3v) is 5.47. The summed E-state index contributed by atoms with van der Waals surface area (Å²) in [6, 6.07) is 8.42. The molecule has 0 bridgehead atoms. The van der Waals surface area contributed by atoms with Crippen LogP contribution >= 0.6 is 0 Å². The molecular weight excluding hydrogens is 344 g/mol. The predicted molar refractivity (Wildman–Crippen MR) is 101 cm³/mol. The molecule has 0 spiro atoms. The maximum atomic E-state index is 10.5. The maximum absolute atomic E-state index is 10.5. The van der Waals surface area contributed by atoms with Crippen molar-refractivity contribution in [2.24, 2.45) is 7.05 Å². The molecule has 2 aliphatic rings. The summed E-state index contributed by atoms with van der Waals surface area (Å²) in [4.78, 5) is 8.96. The zero-order valence-electron chi connectivity index (χ0n) is 15.8. The van der Waals surface area contributed by atoms with Gasteiger partial charge in [-0.25, -0.2) is 4.98 Å². The lowest BCUT2D eigenvalue weighted by Crippen LogP contribution is -2.48. The van der Waals surface area contributed by atoms with Crippen LogP contribution in [0.1, 0.15) is 11.4 Å². The van der Waals surface area contributed by atoms with Crippen molar-refractivity contribution in [2.75, 3.05) is 39.4 Å². The van der Waals surface area contributed by atoms with Crippen molar-refractivity contribution < 1.29 is 14.6 Å². The first-order valence-electron chi connectivity index (χ1n) is 9.59. The molecule has 2 aliphatic heterocycles. The van der Waals surface area contributed by atoms with E-state index in [1.807, 2.05) is 29.9 Å². The number of aliphatic hydroxyl groups is 1. The number of rotatable bonds is 6. The number of likely N-dealkylation sites (tertiary alicyclic amines) is 1. The van der Waals surface area contributed by atoms with Crippen molar-refractivity contribution >= 4 is 0 Å². The second-order valence-electron chi connectivity index (χ2n) is 7.36. The summed E-state index contributed by atoms with van der Waals surface area (Å²) in [6.07, 6.45) is 3.40. The van der Waals surface area contributed by atoms with E-state index in [2.05, 4.69) is 26.9 Å². The van der Waals surface area contributed by atoms with Crippen LogP contribution in [0.25, 0.3) is 0 Å². The Balaban J connectivity index is 1.29. The number of ether oxygens (including phenoxy) is 2. The molecule has 0 unspecified atom stereocenters. The van der Waals surface area contributed by atoms with Gasteiger partial charge in [-0.05, 0) is 17.7 Å². The van der Waals surface area contributed by atoms with Crippen LogP contribution in [-0.4, -0.2) is 76.0 Å². The third kappa shape index (κ3) is 4.50. The number of aromatic nitrogens is 2. The molecule has 7 heteroatoms. The molecule has 2 atom stereocenters. The third-order valence-electron chi connectivity index (χ3n) is 5.47. The van der Waals surface area contributed by atoms with E-state index in [0.717, 1.165) is 57.5 Å². The zero-order valence-corrected chi connectivity index (χ0v) is 15.8. The van der Waals surface area contributed by atoms with Crippen molar-refractivity contribution in [1.29, 1.82) is 0 Å². The van der Waals surface area contributed by atoms with E-state index in [4.69, 9.17) is 9.47 Å². The highest BCUT2D eigenvalue weighted by Crippen LogP contribution is 2.21. The topological polar surface area (TPSA) is 63.0 Å². The first-order valence-corrected chi connectivity index (χ1v) is 9.59. The van der Waals surface area contributed by atoms with Crippen LogP contribution in [0.5, 0.6) is 5.75 Å². The van der Waals surface area contributed by atoms with Gasteiger partial charge in [0.2, 0.25) is 0 Å². The Labute approximate surface area is 160 Å². The van der Waals surface area contributed by atoms with Crippen LogP contribution in [0, 0.1) is 0 Å². The molecule has 2 fully saturated rings. The van der Waals surface area contributed by atoms with Gasteiger partial charge in [0.15, 0.2) is 0 Å². The molecule has 3 heterocycles. The molecule has 1 aromatic heterocycles. The lowest BCUT2D eigenvalue weighted by molar-refractivity contribution is -0.00618. The molecule has 0 aliphatic carbocycles. The van der Waals surface area contributed by atoms with Gasteiger partial charge in [-0.3, -0.25) is 9.80 Å². The Kier molecular flexibility index (Phi) is 5.73. The minimum absolute atomic E-state index is 0.217. The van der Waals surface area contributed by atoms with E-state index in [1.165, 1.54) is 5.56 Å². The van der Waals surface area contributed by atoms with Crippen LogP contribution in [0.2, 0.25) is 0 Å². The van der Waals surface area contributed by atoms with Gasteiger partial charge < -0.3 is 19.1 Å². The average Bonchev–Trinajstić information content (AvgIpc) is 3.27. The molecule has 0 amide bonds. The van der Waals surface area contributed by atoms with E-state index < -0.39 is 0 Å². The molecule has 4 rings (SSSR count). The van der Waals surface area contributed by atoms with Crippen LogP contribution in [-0.2, 0) is 24.9 Å². The molecule has 27 heavy (non-hydrogen) atoms. The number of hydrogen-bond donors (Lipinski definition) is 1. The largest absolute Gasteiger partial charge is 0.486 e. The highest BCUT2D eigenvalue weighted by Gasteiger charge is 2.35. The number of β-amino-alcohol motifs (C(OH)–C–C–N with tert-alkyl or cyclic N) is 1. The second-order valence-corrected chi connectivity index (χ2v) is 7.36. The monoisotopic (exact) mass is 372 g/mol. The Bertz CT molecular complexity index is 727. The van der Waals surface area contributed by atoms with Crippen LogP contribution in [0.15, 0.2) is 36.7 Å². The maximum Gasteiger partial charge on any atom is 0.146 e. The molecule has 0 saturated carbocycles. The fraction of sp³-hybridized carbons (Fsp3) is 0.550. The Morgan fingerprint density at radius 3 is 2.67 bits per heavy atom. The fourth-order valence-corrected chi connectivity index (χ4v) is 3.88. The summed E-state index contributed by atoms with van der Waals surface area (Å²) in [5.41, 5.74) is 1.23. The van der Waals surface area contributed by atoms with Crippen molar-refractivity contribution in [3.05, 3.63) is 48.0 Å². The van der Waals surface area contributed by atoms with Crippen LogP contribution in [0.4, 0.5) is 0 Å². The molecule has 1 N–H and O–H groups in total. The first-order chi connectivity index (χ1) is 13.2. The number of nitrogens with zero attached hydrogens (tertiary/aromatic N) is 4. The molecule has 146 valence electrons. The Morgan fingerprint density at radius 2 is 1.96 bits per heavy atom. The van der Waals surface area contributed by atoms with Crippen molar-refractivity contribution in [2.45, 2.75) is 25.3 Å². The smallest absolute Gasteiger partial charge is 0.146 e. The zero-order chi connectivity index (χ0) is 18.6. The van der Waals surface area contributed by atoms with Gasteiger partial charge in [0, 0.05) is 58.2 Å². The number of imidazole rings is 1. The Morgan fingerprint density at radius 1 is 1.19 bits per heavy atom. The Hall–Kier alpha value is -1.93. The van der Waals surface area contributed by atoms with Crippen molar-refractivity contribution in [1.82, 2.24) is 19.4 Å². The highest BCUT2D eigenvalue weighted by molar-refractivity contribution is 5.27. The molecule has 2 aromatic rings. The number of aryl methyl sites for hydroxylation is 1. The summed E-state index contributed by atoms with van der Waals surface area (Å²) in [5, 5.41) is 10.5. The fourth-order valence-electron chi connectivity index (χ4n) is 3.88. The number of hydrogen-bond acceptors (Lipinski definition) is 6. The predicted octanol–water partition coefficient (Wildman–Crippen LogP) is 0.876. The summed E-state index contributed by atoms with van der Waals surface area (Å²) >= 11 is 0.